The topological polar surface area (TPSA) is 63.3 Å². The standard InChI is InChI=1S/C23H26Cl2N4O2/c1-16-6-2-3-11-28(16)12-5-10-26-23(30)21-15-20(22-7-4-13-31-22)27-29(21)17-8-9-18(24)19(25)14-17/h4,7-9,13-16H,2-3,5-6,10-12H2,1H3,(H,26,30). The lowest BCUT2D eigenvalue weighted by Gasteiger charge is -2.33. The van der Waals surface area contributed by atoms with Gasteiger partial charge in [-0.2, -0.15) is 5.10 Å². The van der Waals surface area contributed by atoms with Crippen molar-refractivity contribution in [2.75, 3.05) is 19.6 Å². The lowest BCUT2D eigenvalue weighted by Crippen LogP contribution is -2.39. The summed E-state index contributed by atoms with van der Waals surface area (Å²) in [5, 5.41) is 8.46. The minimum Gasteiger partial charge on any atom is -0.463 e. The molecule has 1 unspecified atom stereocenters. The van der Waals surface area contributed by atoms with Crippen molar-refractivity contribution in [1.82, 2.24) is 20.0 Å². The quantitative estimate of drug-likeness (QED) is 0.477. The van der Waals surface area contributed by atoms with E-state index < -0.39 is 0 Å². The summed E-state index contributed by atoms with van der Waals surface area (Å²) in [5.74, 6) is 0.398. The van der Waals surface area contributed by atoms with Crippen LogP contribution in [-0.2, 0) is 0 Å². The van der Waals surface area contributed by atoms with Crippen molar-refractivity contribution in [3.05, 3.63) is 58.4 Å². The molecule has 0 saturated carbocycles. The van der Waals surface area contributed by atoms with Crippen molar-refractivity contribution in [1.29, 1.82) is 0 Å². The van der Waals surface area contributed by atoms with Gasteiger partial charge in [-0.25, -0.2) is 4.68 Å². The molecule has 1 amide bonds. The van der Waals surface area contributed by atoms with E-state index in [1.165, 1.54) is 19.3 Å². The van der Waals surface area contributed by atoms with Gasteiger partial charge < -0.3 is 14.6 Å². The Balaban J connectivity index is 1.49. The summed E-state index contributed by atoms with van der Waals surface area (Å²) in [5.41, 5.74) is 1.64. The number of benzene rings is 1. The molecule has 0 radical (unpaired) electrons. The predicted molar refractivity (Wildman–Crippen MR) is 123 cm³/mol. The van der Waals surface area contributed by atoms with E-state index in [9.17, 15) is 4.79 Å². The van der Waals surface area contributed by atoms with Gasteiger partial charge in [-0.05, 0) is 63.1 Å². The van der Waals surface area contributed by atoms with Gasteiger partial charge in [0.25, 0.3) is 5.91 Å². The first-order valence-electron chi connectivity index (χ1n) is 10.6. The molecule has 1 fully saturated rings. The number of nitrogens with zero attached hydrogens (tertiary/aromatic N) is 3. The number of hydrogen-bond acceptors (Lipinski definition) is 4. The summed E-state index contributed by atoms with van der Waals surface area (Å²) in [7, 11) is 0. The average Bonchev–Trinajstić information content (AvgIpc) is 3.44. The van der Waals surface area contributed by atoms with Gasteiger partial charge in [0.05, 0.1) is 22.0 Å². The Kier molecular flexibility index (Phi) is 7.00. The van der Waals surface area contributed by atoms with Crippen molar-refractivity contribution in [2.24, 2.45) is 0 Å². The Labute approximate surface area is 192 Å². The molecule has 3 heterocycles. The Morgan fingerprint density at radius 1 is 1.23 bits per heavy atom. The third-order valence-corrected chi connectivity index (χ3v) is 6.45. The molecule has 1 saturated heterocycles. The SMILES string of the molecule is CC1CCCCN1CCCNC(=O)c1cc(-c2ccco2)nn1-c1ccc(Cl)c(Cl)c1. The number of aromatic nitrogens is 2. The van der Waals surface area contributed by atoms with E-state index in [1.807, 2.05) is 6.07 Å². The highest BCUT2D eigenvalue weighted by molar-refractivity contribution is 6.42. The summed E-state index contributed by atoms with van der Waals surface area (Å²) in [4.78, 5) is 15.5. The highest BCUT2D eigenvalue weighted by atomic mass is 35.5. The Morgan fingerprint density at radius 2 is 2.10 bits per heavy atom. The summed E-state index contributed by atoms with van der Waals surface area (Å²) >= 11 is 12.2. The van der Waals surface area contributed by atoms with Crippen molar-refractivity contribution in [3.8, 4) is 17.1 Å². The number of likely N-dealkylation sites (tertiary alicyclic amines) is 1. The van der Waals surface area contributed by atoms with E-state index in [1.54, 1.807) is 41.3 Å². The minimum atomic E-state index is -0.192. The second-order valence-electron chi connectivity index (χ2n) is 7.89. The van der Waals surface area contributed by atoms with E-state index in [0.717, 1.165) is 19.5 Å². The van der Waals surface area contributed by atoms with Gasteiger partial charge in [0.1, 0.15) is 11.4 Å². The van der Waals surface area contributed by atoms with E-state index in [4.69, 9.17) is 27.6 Å². The molecule has 0 spiro atoms. The molecule has 6 nitrogen and oxygen atoms in total. The predicted octanol–water partition coefficient (Wildman–Crippen LogP) is 5.43. The van der Waals surface area contributed by atoms with Crippen LogP contribution in [0.3, 0.4) is 0 Å². The zero-order chi connectivity index (χ0) is 21.8. The molecule has 3 aromatic rings. The van der Waals surface area contributed by atoms with Gasteiger partial charge in [0.15, 0.2) is 5.76 Å². The smallest absolute Gasteiger partial charge is 0.270 e. The van der Waals surface area contributed by atoms with E-state index >= 15 is 0 Å². The first-order valence-corrected chi connectivity index (χ1v) is 11.4. The van der Waals surface area contributed by atoms with Gasteiger partial charge in [-0.3, -0.25) is 4.79 Å². The molecule has 8 heteroatoms. The molecule has 164 valence electrons. The van der Waals surface area contributed by atoms with Crippen molar-refractivity contribution in [2.45, 2.75) is 38.6 Å². The van der Waals surface area contributed by atoms with Crippen LogP contribution in [0.2, 0.25) is 10.0 Å². The molecule has 2 aromatic heterocycles. The third kappa shape index (κ3) is 5.14. The third-order valence-electron chi connectivity index (χ3n) is 5.71. The summed E-state index contributed by atoms with van der Waals surface area (Å²) in [6, 6.07) is 11.1. The monoisotopic (exact) mass is 460 g/mol. The number of hydrogen-bond donors (Lipinski definition) is 1. The highest BCUT2D eigenvalue weighted by Gasteiger charge is 2.20. The lowest BCUT2D eigenvalue weighted by molar-refractivity contribution is 0.0941. The molecule has 1 aromatic carbocycles. The van der Waals surface area contributed by atoms with Gasteiger partial charge in [-0.15, -0.1) is 0 Å². The summed E-state index contributed by atoms with van der Waals surface area (Å²) in [6.07, 6.45) is 6.31. The summed E-state index contributed by atoms with van der Waals surface area (Å²) in [6.45, 7) is 5.02. The molecule has 1 N–H and O–H groups in total. The number of nitrogens with one attached hydrogen (secondary N) is 1. The first-order chi connectivity index (χ1) is 15.0. The maximum Gasteiger partial charge on any atom is 0.270 e. The Hall–Kier alpha value is -2.28. The molecular weight excluding hydrogens is 435 g/mol. The number of rotatable bonds is 7. The van der Waals surface area contributed by atoms with Gasteiger partial charge in [0, 0.05) is 25.2 Å². The fraction of sp³-hybridized carbons (Fsp3) is 0.391. The molecule has 0 aliphatic carbocycles. The molecule has 1 aliphatic rings. The molecule has 4 rings (SSSR count). The maximum atomic E-state index is 13.0. The van der Waals surface area contributed by atoms with Crippen LogP contribution in [0, 0.1) is 0 Å². The van der Waals surface area contributed by atoms with Crippen LogP contribution in [0.15, 0.2) is 47.1 Å². The van der Waals surface area contributed by atoms with Crippen molar-refractivity contribution in [3.63, 3.8) is 0 Å². The molecule has 1 aliphatic heterocycles. The largest absolute Gasteiger partial charge is 0.463 e. The number of amides is 1. The maximum absolute atomic E-state index is 13.0. The molecular formula is C23H26Cl2N4O2. The van der Waals surface area contributed by atoms with E-state index in [2.05, 4.69) is 22.2 Å². The van der Waals surface area contributed by atoms with Crippen LogP contribution >= 0.6 is 23.2 Å². The number of halogens is 2. The van der Waals surface area contributed by atoms with Crippen LogP contribution in [0.4, 0.5) is 0 Å². The zero-order valence-corrected chi connectivity index (χ0v) is 19.0. The van der Waals surface area contributed by atoms with Crippen molar-refractivity contribution < 1.29 is 9.21 Å². The normalized spacial score (nSPS) is 17.1. The molecule has 0 bridgehead atoms. The van der Waals surface area contributed by atoms with Crippen molar-refractivity contribution >= 4 is 29.1 Å². The number of piperidine rings is 1. The van der Waals surface area contributed by atoms with E-state index in [-0.39, 0.29) is 5.91 Å². The Bertz CT molecular complexity index is 1030. The minimum absolute atomic E-state index is 0.192. The van der Waals surface area contributed by atoms with Gasteiger partial charge in [0.2, 0.25) is 0 Å². The van der Waals surface area contributed by atoms with Crippen LogP contribution in [0.25, 0.3) is 17.1 Å². The van der Waals surface area contributed by atoms with Gasteiger partial charge in [-0.1, -0.05) is 29.6 Å². The summed E-state index contributed by atoms with van der Waals surface area (Å²) < 4.78 is 7.03. The zero-order valence-electron chi connectivity index (χ0n) is 17.5. The molecule has 1 atom stereocenters. The number of carbonyl (C=O) groups is 1. The first kappa shape index (κ1) is 21.9. The van der Waals surface area contributed by atoms with Crippen LogP contribution in [0.5, 0.6) is 0 Å². The van der Waals surface area contributed by atoms with E-state index in [0.29, 0.717) is 45.5 Å². The number of carbonyl (C=O) groups excluding carboxylic acids is 1. The van der Waals surface area contributed by atoms with Crippen LogP contribution in [-0.4, -0.2) is 46.3 Å². The number of furan rings is 1. The fourth-order valence-corrected chi connectivity index (χ4v) is 4.26. The highest BCUT2D eigenvalue weighted by Crippen LogP contribution is 2.27. The van der Waals surface area contributed by atoms with Crippen LogP contribution < -0.4 is 5.32 Å². The lowest BCUT2D eigenvalue weighted by atomic mass is 10.0. The van der Waals surface area contributed by atoms with Gasteiger partial charge >= 0.3 is 0 Å². The molecule has 31 heavy (non-hydrogen) atoms. The fourth-order valence-electron chi connectivity index (χ4n) is 3.97. The second-order valence-corrected chi connectivity index (χ2v) is 8.71. The second kappa shape index (κ2) is 9.90. The Morgan fingerprint density at radius 3 is 2.84 bits per heavy atom. The average molecular weight is 461 g/mol. The van der Waals surface area contributed by atoms with Crippen LogP contribution in [0.1, 0.15) is 43.1 Å².